The van der Waals surface area contributed by atoms with Crippen molar-refractivity contribution in [1.29, 1.82) is 0 Å². The smallest absolute Gasteiger partial charge is 0.243 e. The van der Waals surface area contributed by atoms with Crippen LogP contribution in [0.25, 0.3) is 0 Å². The van der Waals surface area contributed by atoms with Crippen LogP contribution in [0.5, 0.6) is 0 Å². The molecule has 2 aromatic carbocycles. The molecule has 2 aromatic rings. The standard InChI is InChI=1S/C19H21FN2O3S/c20-15-9-11-18(12-10-15)26(24,25)22-13-5-4-8-17(22)14-19(23)21-16-6-2-1-3-7-16/h1-3,6-7,9-12,17H,4-5,8,13-14H2,(H,21,23). The molecule has 0 aromatic heterocycles. The molecule has 0 aliphatic carbocycles. The number of rotatable bonds is 5. The Kier molecular flexibility index (Phi) is 5.68. The molecule has 0 saturated carbocycles. The lowest BCUT2D eigenvalue weighted by atomic mass is 10.0. The number of para-hydroxylation sites is 1. The SMILES string of the molecule is O=C(CC1CCCCN1S(=O)(=O)c1ccc(F)cc1)Nc1ccccc1. The summed E-state index contributed by atoms with van der Waals surface area (Å²) >= 11 is 0. The number of benzene rings is 2. The van der Waals surface area contributed by atoms with Crippen LogP contribution in [0.1, 0.15) is 25.7 Å². The van der Waals surface area contributed by atoms with Crippen LogP contribution in [0.2, 0.25) is 0 Å². The zero-order chi connectivity index (χ0) is 18.6. The Morgan fingerprint density at radius 2 is 1.77 bits per heavy atom. The van der Waals surface area contributed by atoms with Crippen LogP contribution in [-0.4, -0.2) is 31.2 Å². The monoisotopic (exact) mass is 376 g/mol. The number of nitrogens with one attached hydrogen (secondary N) is 1. The fraction of sp³-hybridized carbons (Fsp3) is 0.316. The van der Waals surface area contributed by atoms with Gasteiger partial charge in [-0.25, -0.2) is 12.8 Å². The third-order valence-electron chi connectivity index (χ3n) is 4.47. The van der Waals surface area contributed by atoms with Crippen molar-refractivity contribution in [3.8, 4) is 0 Å². The molecule has 1 heterocycles. The van der Waals surface area contributed by atoms with Crippen molar-refractivity contribution < 1.29 is 17.6 Å². The summed E-state index contributed by atoms with van der Waals surface area (Å²) in [6.45, 7) is 0.364. The molecule has 1 aliphatic rings. The van der Waals surface area contributed by atoms with Gasteiger partial charge in [0.15, 0.2) is 0 Å². The Labute approximate surface area is 152 Å². The summed E-state index contributed by atoms with van der Waals surface area (Å²) in [4.78, 5) is 12.4. The Balaban J connectivity index is 1.75. The maximum Gasteiger partial charge on any atom is 0.243 e. The second-order valence-electron chi connectivity index (χ2n) is 6.34. The molecular formula is C19H21FN2O3S. The average Bonchev–Trinajstić information content (AvgIpc) is 2.63. The number of amides is 1. The fourth-order valence-electron chi connectivity index (χ4n) is 3.18. The van der Waals surface area contributed by atoms with Gasteiger partial charge in [0.1, 0.15) is 5.82 Å². The molecule has 3 rings (SSSR count). The van der Waals surface area contributed by atoms with Crippen LogP contribution in [0.4, 0.5) is 10.1 Å². The third kappa shape index (κ3) is 4.28. The molecule has 0 spiro atoms. The maximum absolute atomic E-state index is 13.1. The van der Waals surface area contributed by atoms with Crippen molar-refractivity contribution in [3.63, 3.8) is 0 Å². The first-order valence-corrected chi connectivity index (χ1v) is 10.0. The number of carbonyl (C=O) groups excluding carboxylic acids is 1. The van der Waals surface area contributed by atoms with Crippen molar-refractivity contribution in [2.75, 3.05) is 11.9 Å². The molecule has 1 amide bonds. The van der Waals surface area contributed by atoms with Gasteiger partial charge in [-0.05, 0) is 49.2 Å². The molecule has 138 valence electrons. The zero-order valence-corrected chi connectivity index (χ0v) is 15.1. The highest BCUT2D eigenvalue weighted by molar-refractivity contribution is 7.89. The van der Waals surface area contributed by atoms with E-state index in [2.05, 4.69) is 5.32 Å². The van der Waals surface area contributed by atoms with Gasteiger partial charge in [0.25, 0.3) is 0 Å². The molecule has 0 bridgehead atoms. The van der Waals surface area contributed by atoms with E-state index in [9.17, 15) is 17.6 Å². The topological polar surface area (TPSA) is 66.5 Å². The first-order valence-electron chi connectivity index (χ1n) is 8.59. The van der Waals surface area contributed by atoms with Crippen molar-refractivity contribution >= 4 is 21.6 Å². The summed E-state index contributed by atoms with van der Waals surface area (Å²) in [5.74, 6) is -0.705. The van der Waals surface area contributed by atoms with E-state index in [-0.39, 0.29) is 17.2 Å². The van der Waals surface area contributed by atoms with Gasteiger partial charge in [-0.3, -0.25) is 4.79 Å². The molecule has 1 atom stereocenters. The molecule has 1 fully saturated rings. The largest absolute Gasteiger partial charge is 0.326 e. The number of hydrogen-bond donors (Lipinski definition) is 1. The molecule has 1 aliphatic heterocycles. The molecule has 1 saturated heterocycles. The van der Waals surface area contributed by atoms with Gasteiger partial charge in [0.2, 0.25) is 15.9 Å². The zero-order valence-electron chi connectivity index (χ0n) is 14.3. The van der Waals surface area contributed by atoms with Crippen molar-refractivity contribution in [2.45, 2.75) is 36.6 Å². The molecule has 26 heavy (non-hydrogen) atoms. The predicted molar refractivity (Wildman–Crippen MR) is 97.6 cm³/mol. The fourth-order valence-corrected chi connectivity index (χ4v) is 4.88. The molecule has 0 radical (unpaired) electrons. The van der Waals surface area contributed by atoms with Crippen LogP contribution < -0.4 is 5.32 Å². The van der Waals surface area contributed by atoms with Gasteiger partial charge >= 0.3 is 0 Å². The van der Waals surface area contributed by atoms with Crippen LogP contribution >= 0.6 is 0 Å². The Morgan fingerprint density at radius 3 is 2.46 bits per heavy atom. The lowest BCUT2D eigenvalue weighted by Crippen LogP contribution is -2.45. The van der Waals surface area contributed by atoms with Gasteiger partial charge in [0, 0.05) is 24.7 Å². The highest BCUT2D eigenvalue weighted by Crippen LogP contribution is 2.27. The lowest BCUT2D eigenvalue weighted by Gasteiger charge is -2.34. The van der Waals surface area contributed by atoms with Crippen LogP contribution in [-0.2, 0) is 14.8 Å². The van der Waals surface area contributed by atoms with E-state index < -0.39 is 21.9 Å². The first-order chi connectivity index (χ1) is 12.5. The second kappa shape index (κ2) is 7.97. The van der Waals surface area contributed by atoms with Gasteiger partial charge in [-0.2, -0.15) is 4.31 Å². The first kappa shape index (κ1) is 18.5. The van der Waals surface area contributed by atoms with E-state index in [1.807, 2.05) is 18.2 Å². The Hall–Kier alpha value is -2.25. The highest BCUT2D eigenvalue weighted by Gasteiger charge is 2.34. The van der Waals surface area contributed by atoms with Gasteiger partial charge in [-0.15, -0.1) is 0 Å². The lowest BCUT2D eigenvalue weighted by molar-refractivity contribution is -0.117. The number of hydrogen-bond acceptors (Lipinski definition) is 3. The number of carbonyl (C=O) groups is 1. The summed E-state index contributed by atoms with van der Waals surface area (Å²) in [6, 6.07) is 13.5. The Morgan fingerprint density at radius 1 is 1.08 bits per heavy atom. The van der Waals surface area contributed by atoms with Crippen LogP contribution in [0.15, 0.2) is 59.5 Å². The maximum atomic E-state index is 13.1. The minimum Gasteiger partial charge on any atom is -0.326 e. The predicted octanol–water partition coefficient (Wildman–Crippen LogP) is 3.40. The van der Waals surface area contributed by atoms with Gasteiger partial charge < -0.3 is 5.32 Å². The molecule has 1 unspecified atom stereocenters. The second-order valence-corrected chi connectivity index (χ2v) is 8.23. The normalized spacial score (nSPS) is 18.4. The highest BCUT2D eigenvalue weighted by atomic mass is 32.2. The summed E-state index contributed by atoms with van der Waals surface area (Å²) in [7, 11) is -3.76. The molecule has 1 N–H and O–H groups in total. The number of sulfonamides is 1. The van der Waals surface area contributed by atoms with E-state index in [1.165, 1.54) is 16.4 Å². The number of anilines is 1. The van der Waals surface area contributed by atoms with Gasteiger partial charge in [0.05, 0.1) is 4.90 Å². The third-order valence-corrected chi connectivity index (χ3v) is 6.44. The van der Waals surface area contributed by atoms with E-state index >= 15 is 0 Å². The number of piperidine rings is 1. The van der Waals surface area contributed by atoms with Crippen LogP contribution in [0.3, 0.4) is 0 Å². The van der Waals surface area contributed by atoms with E-state index in [0.29, 0.717) is 18.7 Å². The minimum atomic E-state index is -3.76. The van der Waals surface area contributed by atoms with E-state index in [0.717, 1.165) is 25.0 Å². The van der Waals surface area contributed by atoms with Crippen molar-refractivity contribution in [3.05, 3.63) is 60.4 Å². The number of halogens is 1. The molecule has 7 heteroatoms. The Bertz CT molecular complexity index is 854. The van der Waals surface area contributed by atoms with Crippen LogP contribution in [0, 0.1) is 5.82 Å². The van der Waals surface area contributed by atoms with Crippen molar-refractivity contribution in [1.82, 2.24) is 4.31 Å². The van der Waals surface area contributed by atoms with E-state index in [1.54, 1.807) is 12.1 Å². The summed E-state index contributed by atoms with van der Waals surface area (Å²) in [6.07, 6.45) is 2.34. The van der Waals surface area contributed by atoms with Gasteiger partial charge in [-0.1, -0.05) is 24.6 Å². The quantitative estimate of drug-likeness (QED) is 0.870. The number of nitrogens with zero attached hydrogens (tertiary/aromatic N) is 1. The van der Waals surface area contributed by atoms with Crippen molar-refractivity contribution in [2.24, 2.45) is 0 Å². The molecule has 5 nitrogen and oxygen atoms in total. The summed E-state index contributed by atoms with van der Waals surface area (Å²) in [5, 5.41) is 2.80. The van der Waals surface area contributed by atoms with E-state index in [4.69, 9.17) is 0 Å². The molecular weight excluding hydrogens is 355 g/mol. The minimum absolute atomic E-state index is 0.0502. The summed E-state index contributed by atoms with van der Waals surface area (Å²) in [5.41, 5.74) is 0.682. The summed E-state index contributed by atoms with van der Waals surface area (Å²) < 4.78 is 40.3. The average molecular weight is 376 g/mol.